The lowest BCUT2D eigenvalue weighted by molar-refractivity contribution is -0.384. The molecule has 0 saturated carbocycles. The van der Waals surface area contributed by atoms with E-state index >= 15 is 0 Å². The van der Waals surface area contributed by atoms with E-state index in [1.165, 1.54) is 43.5 Å². The maximum Gasteiger partial charge on any atom is 0.269 e. The van der Waals surface area contributed by atoms with Crippen molar-refractivity contribution in [2.24, 2.45) is 0 Å². The van der Waals surface area contributed by atoms with Crippen molar-refractivity contribution in [3.8, 4) is 0 Å². The first-order valence-electron chi connectivity index (χ1n) is 7.00. The summed E-state index contributed by atoms with van der Waals surface area (Å²) in [5.41, 5.74) is 0.510. The molecule has 1 heterocycles. The molecule has 124 valence electrons. The van der Waals surface area contributed by atoms with Gasteiger partial charge in [0.25, 0.3) is 11.6 Å². The average Bonchev–Trinajstić information content (AvgIpc) is 3.05. The molecule has 0 spiro atoms. The van der Waals surface area contributed by atoms with Crippen molar-refractivity contribution in [2.75, 3.05) is 0 Å². The highest BCUT2D eigenvalue weighted by Crippen LogP contribution is 2.14. The highest BCUT2D eigenvalue weighted by atomic mass is 16.6. The Morgan fingerprint density at radius 3 is 2.50 bits per heavy atom. The molecule has 1 aromatic heterocycles. The first-order valence-corrected chi connectivity index (χ1v) is 7.00. The Kier molecular flexibility index (Phi) is 5.45. The van der Waals surface area contributed by atoms with Crippen LogP contribution in [-0.2, 0) is 16.1 Å². The summed E-state index contributed by atoms with van der Waals surface area (Å²) >= 11 is 0. The topological polar surface area (TPSA) is 114 Å². The molecule has 0 radical (unpaired) electrons. The molecule has 0 aliphatic heterocycles. The summed E-state index contributed by atoms with van der Waals surface area (Å²) in [6, 6.07) is 9.01. The smallest absolute Gasteiger partial charge is 0.269 e. The van der Waals surface area contributed by atoms with Crippen LogP contribution in [0.25, 0.3) is 6.08 Å². The van der Waals surface area contributed by atoms with Gasteiger partial charge in [-0.2, -0.15) is 0 Å². The van der Waals surface area contributed by atoms with Crippen molar-refractivity contribution in [1.29, 1.82) is 0 Å². The lowest BCUT2D eigenvalue weighted by Gasteiger charge is -2.09. The second-order valence-electron chi connectivity index (χ2n) is 4.85. The molecular formula is C16H15N3O5. The Morgan fingerprint density at radius 1 is 1.25 bits per heavy atom. The van der Waals surface area contributed by atoms with Crippen LogP contribution in [0.2, 0.25) is 0 Å². The standard InChI is InChI=1S/C16H15N3O5/c1-11(20)18-15(16(21)17-10-14-3-2-8-24-14)9-12-4-6-13(7-5-12)19(22)23/h2-9H,10H2,1H3,(H,17,21)(H,18,20)/b15-9+. The largest absolute Gasteiger partial charge is 0.467 e. The summed E-state index contributed by atoms with van der Waals surface area (Å²) < 4.78 is 5.11. The molecule has 0 atom stereocenters. The fourth-order valence-electron chi connectivity index (χ4n) is 1.88. The number of nitro benzene ring substituents is 1. The number of carbonyl (C=O) groups is 2. The zero-order valence-electron chi connectivity index (χ0n) is 12.8. The number of rotatable bonds is 6. The maximum absolute atomic E-state index is 12.2. The van der Waals surface area contributed by atoms with Crippen molar-refractivity contribution in [3.63, 3.8) is 0 Å². The van der Waals surface area contributed by atoms with Crippen LogP contribution in [0.4, 0.5) is 5.69 Å². The van der Waals surface area contributed by atoms with Gasteiger partial charge in [0.15, 0.2) is 0 Å². The zero-order valence-corrected chi connectivity index (χ0v) is 12.8. The predicted octanol–water partition coefficient (Wildman–Crippen LogP) is 1.98. The van der Waals surface area contributed by atoms with Gasteiger partial charge in [-0.25, -0.2) is 0 Å². The molecule has 8 heteroatoms. The molecule has 0 bridgehead atoms. The molecule has 0 saturated heterocycles. The number of amides is 2. The average molecular weight is 329 g/mol. The highest BCUT2D eigenvalue weighted by Gasteiger charge is 2.12. The number of nitrogens with one attached hydrogen (secondary N) is 2. The summed E-state index contributed by atoms with van der Waals surface area (Å²) in [5.74, 6) is -0.336. The van der Waals surface area contributed by atoms with Gasteiger partial charge in [0.05, 0.1) is 17.7 Å². The van der Waals surface area contributed by atoms with Gasteiger partial charge in [0.2, 0.25) is 5.91 Å². The molecule has 2 N–H and O–H groups in total. The van der Waals surface area contributed by atoms with E-state index in [4.69, 9.17) is 4.42 Å². The minimum Gasteiger partial charge on any atom is -0.467 e. The lowest BCUT2D eigenvalue weighted by atomic mass is 10.1. The summed E-state index contributed by atoms with van der Waals surface area (Å²) in [6.07, 6.45) is 2.92. The van der Waals surface area contributed by atoms with Gasteiger partial charge < -0.3 is 15.1 Å². The number of carbonyl (C=O) groups excluding carboxylic acids is 2. The van der Waals surface area contributed by atoms with Gasteiger partial charge >= 0.3 is 0 Å². The first kappa shape index (κ1) is 16.9. The Bertz CT molecular complexity index is 764. The summed E-state index contributed by atoms with van der Waals surface area (Å²) in [7, 11) is 0. The number of benzene rings is 1. The lowest BCUT2D eigenvalue weighted by Crippen LogP contribution is -2.33. The van der Waals surface area contributed by atoms with Gasteiger partial charge in [-0.3, -0.25) is 19.7 Å². The Hall–Kier alpha value is -3.42. The van der Waals surface area contributed by atoms with Crippen molar-refractivity contribution in [2.45, 2.75) is 13.5 Å². The SMILES string of the molecule is CC(=O)N/C(=C/c1ccc([N+](=O)[O-])cc1)C(=O)NCc1ccco1. The van der Waals surface area contributed by atoms with Crippen LogP contribution in [-0.4, -0.2) is 16.7 Å². The third-order valence-electron chi connectivity index (χ3n) is 2.97. The number of nitro groups is 1. The number of hydrogen-bond donors (Lipinski definition) is 2. The van der Waals surface area contributed by atoms with E-state index in [1.807, 2.05) is 0 Å². The van der Waals surface area contributed by atoms with E-state index in [-0.39, 0.29) is 17.9 Å². The third kappa shape index (κ3) is 4.80. The summed E-state index contributed by atoms with van der Waals surface area (Å²) in [4.78, 5) is 33.6. The molecular weight excluding hydrogens is 314 g/mol. The van der Waals surface area contributed by atoms with E-state index in [0.29, 0.717) is 11.3 Å². The highest BCUT2D eigenvalue weighted by molar-refractivity contribution is 6.00. The Labute approximate surface area is 137 Å². The molecule has 0 fully saturated rings. The van der Waals surface area contributed by atoms with Crippen LogP contribution in [0.1, 0.15) is 18.2 Å². The molecule has 0 unspecified atom stereocenters. The second-order valence-corrected chi connectivity index (χ2v) is 4.85. The van der Waals surface area contributed by atoms with Gasteiger partial charge in [0, 0.05) is 19.1 Å². The molecule has 2 rings (SSSR count). The molecule has 0 aliphatic carbocycles. The van der Waals surface area contributed by atoms with Gasteiger partial charge in [-0.1, -0.05) is 0 Å². The van der Waals surface area contributed by atoms with Gasteiger partial charge in [0.1, 0.15) is 11.5 Å². The van der Waals surface area contributed by atoms with Crippen molar-refractivity contribution >= 4 is 23.6 Å². The fourth-order valence-corrected chi connectivity index (χ4v) is 1.88. The Morgan fingerprint density at radius 2 is 1.96 bits per heavy atom. The van der Waals surface area contributed by atoms with E-state index in [2.05, 4.69) is 10.6 Å². The van der Waals surface area contributed by atoms with E-state index < -0.39 is 16.7 Å². The number of non-ortho nitro benzene ring substituents is 1. The fraction of sp³-hybridized carbons (Fsp3) is 0.125. The van der Waals surface area contributed by atoms with Crippen LogP contribution >= 0.6 is 0 Å². The van der Waals surface area contributed by atoms with Gasteiger partial charge in [-0.15, -0.1) is 0 Å². The summed E-state index contributed by atoms with van der Waals surface area (Å²) in [6.45, 7) is 1.45. The predicted molar refractivity (Wildman–Crippen MR) is 85.4 cm³/mol. The van der Waals surface area contributed by atoms with Gasteiger partial charge in [-0.05, 0) is 35.9 Å². The minimum atomic E-state index is -0.516. The molecule has 24 heavy (non-hydrogen) atoms. The molecule has 0 aliphatic rings. The monoisotopic (exact) mass is 329 g/mol. The molecule has 1 aromatic carbocycles. The molecule has 2 aromatic rings. The van der Waals surface area contributed by atoms with Crippen LogP contribution in [0.15, 0.2) is 52.8 Å². The normalized spacial score (nSPS) is 11.0. The third-order valence-corrected chi connectivity index (χ3v) is 2.97. The van der Waals surface area contributed by atoms with Crippen LogP contribution in [0.3, 0.4) is 0 Å². The van der Waals surface area contributed by atoms with Crippen LogP contribution in [0.5, 0.6) is 0 Å². The number of hydrogen-bond acceptors (Lipinski definition) is 5. The quantitative estimate of drug-likeness (QED) is 0.478. The zero-order chi connectivity index (χ0) is 17.5. The first-order chi connectivity index (χ1) is 11.5. The molecule has 2 amide bonds. The minimum absolute atomic E-state index is 0.0305. The molecule has 8 nitrogen and oxygen atoms in total. The van der Waals surface area contributed by atoms with E-state index in [1.54, 1.807) is 12.1 Å². The van der Waals surface area contributed by atoms with Crippen molar-refractivity contribution < 1.29 is 18.9 Å². The Balaban J connectivity index is 2.15. The van der Waals surface area contributed by atoms with Crippen LogP contribution in [0, 0.1) is 10.1 Å². The van der Waals surface area contributed by atoms with Crippen molar-refractivity contribution in [1.82, 2.24) is 10.6 Å². The number of nitrogens with zero attached hydrogens (tertiary/aromatic N) is 1. The second kappa shape index (κ2) is 7.73. The number of furan rings is 1. The van der Waals surface area contributed by atoms with Crippen LogP contribution < -0.4 is 10.6 Å². The van der Waals surface area contributed by atoms with Crippen molar-refractivity contribution in [3.05, 3.63) is 69.8 Å². The maximum atomic E-state index is 12.2. The van der Waals surface area contributed by atoms with E-state index in [0.717, 1.165) is 0 Å². The summed E-state index contributed by atoms with van der Waals surface area (Å²) in [5, 5.41) is 15.7. The van der Waals surface area contributed by atoms with E-state index in [9.17, 15) is 19.7 Å².